The second kappa shape index (κ2) is 8.57. The summed E-state index contributed by atoms with van der Waals surface area (Å²) in [4.78, 5) is 12.7. The van der Waals surface area contributed by atoms with E-state index >= 15 is 0 Å². The number of hydrogen-bond acceptors (Lipinski definition) is 5. The van der Waals surface area contributed by atoms with Gasteiger partial charge in [0.25, 0.3) is 10.0 Å². The van der Waals surface area contributed by atoms with Crippen molar-refractivity contribution in [2.45, 2.75) is 11.5 Å². The zero-order valence-electron chi connectivity index (χ0n) is 17.2. The Labute approximate surface area is 185 Å². The van der Waals surface area contributed by atoms with Gasteiger partial charge in [-0.25, -0.2) is 13.2 Å². The molecule has 0 aliphatic heterocycles. The molecule has 0 aliphatic rings. The molecule has 0 aliphatic carbocycles. The lowest BCUT2D eigenvalue weighted by molar-refractivity contribution is 0.0468. The summed E-state index contributed by atoms with van der Waals surface area (Å²) in [5.74, 6) is -0.787. The topological polar surface area (TPSA) is 91.9 Å². The number of benzene rings is 2. The predicted octanol–water partition coefficient (Wildman–Crippen LogP) is 3.99. The lowest BCUT2D eigenvalue weighted by Gasteiger charge is -2.20. The molecular weight excluding hydrogens is 426 g/mol. The van der Waals surface area contributed by atoms with Crippen molar-refractivity contribution in [1.82, 2.24) is 4.40 Å². The van der Waals surface area contributed by atoms with Gasteiger partial charge < -0.3 is 9.14 Å². The first-order valence-corrected chi connectivity index (χ1v) is 11.2. The summed E-state index contributed by atoms with van der Waals surface area (Å²) in [6, 6.07) is 22.1. The number of hydrogen-bond donors (Lipinski definition) is 0. The Morgan fingerprint density at radius 3 is 2.47 bits per heavy atom. The Hall–Kier alpha value is -4.09. The number of carbonyl (C=O) groups excluding carboxylic acids is 1. The van der Waals surface area contributed by atoms with Crippen LogP contribution in [0.5, 0.6) is 0 Å². The van der Waals surface area contributed by atoms with Gasteiger partial charge in [-0.05, 0) is 36.4 Å². The van der Waals surface area contributed by atoms with Crippen LogP contribution in [0.15, 0.2) is 90.1 Å². The van der Waals surface area contributed by atoms with Gasteiger partial charge in [-0.15, -0.1) is 0 Å². The van der Waals surface area contributed by atoms with Crippen molar-refractivity contribution in [2.75, 3.05) is 11.4 Å². The number of ether oxygens (including phenoxy) is 1. The number of anilines is 1. The van der Waals surface area contributed by atoms with E-state index in [4.69, 9.17) is 4.74 Å². The molecule has 160 valence electrons. The summed E-state index contributed by atoms with van der Waals surface area (Å²) in [6.07, 6.45) is 3.51. The average Bonchev–Trinajstić information content (AvgIpc) is 3.20. The van der Waals surface area contributed by atoms with Crippen LogP contribution in [-0.2, 0) is 21.4 Å². The largest absolute Gasteiger partial charge is 0.457 e. The lowest BCUT2D eigenvalue weighted by Crippen LogP contribution is -2.28. The van der Waals surface area contributed by atoms with Crippen molar-refractivity contribution >= 4 is 27.2 Å². The van der Waals surface area contributed by atoms with E-state index in [-0.39, 0.29) is 17.1 Å². The molecule has 0 N–H and O–H groups in total. The molecule has 4 rings (SSSR count). The molecular formula is C24H19N3O4S. The van der Waals surface area contributed by atoms with Crippen LogP contribution >= 0.6 is 0 Å². The van der Waals surface area contributed by atoms with Gasteiger partial charge >= 0.3 is 5.97 Å². The third-order valence-corrected chi connectivity index (χ3v) is 6.94. The summed E-state index contributed by atoms with van der Waals surface area (Å²) in [6.45, 7) is -0.160. The molecule has 0 saturated heterocycles. The van der Waals surface area contributed by atoms with E-state index in [0.29, 0.717) is 22.3 Å². The first kappa shape index (κ1) is 21.2. The van der Waals surface area contributed by atoms with Crippen molar-refractivity contribution in [3.63, 3.8) is 0 Å². The first-order chi connectivity index (χ1) is 15.4. The third kappa shape index (κ3) is 3.82. The Morgan fingerprint density at radius 2 is 1.72 bits per heavy atom. The van der Waals surface area contributed by atoms with Gasteiger partial charge in [0.15, 0.2) is 0 Å². The average molecular weight is 446 g/mol. The highest BCUT2D eigenvalue weighted by atomic mass is 32.2. The van der Waals surface area contributed by atoms with Crippen molar-refractivity contribution in [3.05, 3.63) is 102 Å². The normalized spacial score (nSPS) is 11.1. The van der Waals surface area contributed by atoms with Crippen LogP contribution in [0.25, 0.3) is 5.52 Å². The van der Waals surface area contributed by atoms with Crippen LogP contribution in [0.3, 0.4) is 0 Å². The molecule has 0 bridgehead atoms. The number of para-hydroxylation sites is 1. The van der Waals surface area contributed by atoms with Crippen LogP contribution in [-0.4, -0.2) is 25.8 Å². The lowest BCUT2D eigenvalue weighted by atomic mass is 10.2. The van der Waals surface area contributed by atoms with Gasteiger partial charge in [-0.2, -0.15) is 5.26 Å². The SMILES string of the molecule is CN(c1ccccc1)S(=O)(=O)c1ccccc1C(=O)OCc1cn2ccccc2c1C#N. The molecule has 2 aromatic heterocycles. The maximum atomic E-state index is 13.2. The van der Waals surface area contributed by atoms with Gasteiger partial charge in [0.2, 0.25) is 0 Å². The highest BCUT2D eigenvalue weighted by Gasteiger charge is 2.27. The number of rotatable bonds is 6. The van der Waals surface area contributed by atoms with E-state index in [0.717, 1.165) is 4.31 Å². The van der Waals surface area contributed by atoms with Crippen molar-refractivity contribution in [1.29, 1.82) is 5.26 Å². The van der Waals surface area contributed by atoms with Crippen molar-refractivity contribution in [2.24, 2.45) is 0 Å². The van der Waals surface area contributed by atoms with E-state index in [9.17, 15) is 18.5 Å². The van der Waals surface area contributed by atoms with Gasteiger partial charge in [0.1, 0.15) is 17.6 Å². The molecule has 0 radical (unpaired) electrons. The Morgan fingerprint density at radius 1 is 1.03 bits per heavy atom. The minimum Gasteiger partial charge on any atom is -0.457 e. The molecule has 0 spiro atoms. The summed E-state index contributed by atoms with van der Waals surface area (Å²) < 4.78 is 34.8. The monoisotopic (exact) mass is 445 g/mol. The minimum absolute atomic E-state index is 0.0717. The van der Waals surface area contributed by atoms with Crippen LogP contribution in [0.2, 0.25) is 0 Å². The number of aromatic nitrogens is 1. The van der Waals surface area contributed by atoms with Crippen LogP contribution in [0, 0.1) is 11.3 Å². The molecule has 8 heteroatoms. The number of pyridine rings is 1. The van der Waals surface area contributed by atoms with Gasteiger partial charge in [-0.1, -0.05) is 36.4 Å². The highest BCUT2D eigenvalue weighted by Crippen LogP contribution is 2.25. The zero-order chi connectivity index (χ0) is 22.7. The van der Waals surface area contributed by atoms with Crippen LogP contribution in [0.1, 0.15) is 21.5 Å². The maximum Gasteiger partial charge on any atom is 0.339 e. The number of fused-ring (bicyclic) bond motifs is 1. The van der Waals surface area contributed by atoms with E-state index < -0.39 is 16.0 Å². The van der Waals surface area contributed by atoms with Gasteiger partial charge in [-0.3, -0.25) is 4.31 Å². The Bertz CT molecular complexity index is 1440. The fourth-order valence-electron chi connectivity index (χ4n) is 3.42. The summed E-state index contributed by atoms with van der Waals surface area (Å²) in [7, 11) is -2.58. The molecule has 0 atom stereocenters. The Balaban J connectivity index is 1.62. The number of sulfonamides is 1. The minimum atomic E-state index is -4.01. The summed E-state index contributed by atoms with van der Waals surface area (Å²) >= 11 is 0. The molecule has 0 saturated carbocycles. The standard InChI is InChI=1S/C24H19N3O4S/c1-26(19-9-3-2-4-10-19)32(29,30)23-13-6-5-11-20(23)24(28)31-17-18-16-27-14-8-7-12-22(27)21(18)15-25/h2-14,16H,17H2,1H3. The molecule has 4 aromatic rings. The predicted molar refractivity (Wildman–Crippen MR) is 120 cm³/mol. The maximum absolute atomic E-state index is 13.2. The smallest absolute Gasteiger partial charge is 0.339 e. The van der Waals surface area contributed by atoms with Gasteiger partial charge in [0.05, 0.1) is 22.3 Å². The fraction of sp³-hybridized carbons (Fsp3) is 0.0833. The summed E-state index contributed by atoms with van der Waals surface area (Å²) in [5, 5.41) is 9.52. The molecule has 32 heavy (non-hydrogen) atoms. The fourth-order valence-corrected chi connectivity index (χ4v) is 4.80. The second-order valence-corrected chi connectivity index (χ2v) is 8.95. The number of nitriles is 1. The van der Waals surface area contributed by atoms with E-state index in [1.807, 2.05) is 12.1 Å². The van der Waals surface area contributed by atoms with E-state index in [1.54, 1.807) is 65.3 Å². The molecule has 0 unspecified atom stereocenters. The third-order valence-electron chi connectivity index (χ3n) is 5.10. The summed E-state index contributed by atoms with van der Waals surface area (Å²) in [5.41, 5.74) is 2.04. The number of esters is 1. The van der Waals surface area contributed by atoms with Crippen LogP contribution in [0.4, 0.5) is 5.69 Å². The zero-order valence-corrected chi connectivity index (χ0v) is 18.0. The molecule has 7 nitrogen and oxygen atoms in total. The number of carbonyl (C=O) groups is 1. The second-order valence-electron chi connectivity index (χ2n) is 7.01. The van der Waals surface area contributed by atoms with Gasteiger partial charge in [0, 0.05) is 25.0 Å². The molecule has 0 fully saturated rings. The number of nitrogens with zero attached hydrogens (tertiary/aromatic N) is 3. The Kier molecular flexibility index (Phi) is 5.67. The van der Waals surface area contributed by atoms with E-state index in [2.05, 4.69) is 6.07 Å². The molecule has 2 heterocycles. The molecule has 2 aromatic carbocycles. The first-order valence-electron chi connectivity index (χ1n) is 9.72. The molecule has 0 amide bonds. The quantitative estimate of drug-likeness (QED) is 0.419. The van der Waals surface area contributed by atoms with E-state index in [1.165, 1.54) is 19.2 Å². The highest BCUT2D eigenvalue weighted by molar-refractivity contribution is 7.92. The van der Waals surface area contributed by atoms with Crippen molar-refractivity contribution in [3.8, 4) is 6.07 Å². The van der Waals surface area contributed by atoms with Crippen molar-refractivity contribution < 1.29 is 17.9 Å². The van der Waals surface area contributed by atoms with Crippen LogP contribution < -0.4 is 4.31 Å².